The first-order valence-corrected chi connectivity index (χ1v) is 7.43. The average molecular weight is 370 g/mol. The minimum Gasteiger partial charge on any atom is -0.465 e. The summed E-state index contributed by atoms with van der Waals surface area (Å²) in [5, 5.41) is 12.0. The third-order valence-electron chi connectivity index (χ3n) is 3.38. The van der Waals surface area contributed by atoms with Crippen LogP contribution in [0.25, 0.3) is 0 Å². The van der Waals surface area contributed by atoms with Gasteiger partial charge in [0.15, 0.2) is 0 Å². The van der Waals surface area contributed by atoms with Gasteiger partial charge >= 0.3 is 6.09 Å². The fourth-order valence-corrected chi connectivity index (χ4v) is 3.02. The lowest BCUT2D eigenvalue weighted by Gasteiger charge is -2.40. The summed E-state index contributed by atoms with van der Waals surface area (Å²) in [6.07, 6.45) is -1.09. The molecule has 0 aromatic heterocycles. The normalized spacial score (nSPS) is 17.0. The summed E-state index contributed by atoms with van der Waals surface area (Å²) in [7, 11) is 0. The second-order valence-electron chi connectivity index (χ2n) is 5.13. The van der Waals surface area contributed by atoms with Gasteiger partial charge in [0.1, 0.15) is 0 Å². The standard InChI is InChI=1S/C14H16BrN3O4/c1-7-6-17(14(21)22)12-4-10(15)11(16-8(2)19)5-13(12)18(7)9(3)20/h4-5,7H,6H2,1-3H3,(H,16,19)(H,21,22). The van der Waals surface area contributed by atoms with Crippen LogP contribution in [0.5, 0.6) is 0 Å². The van der Waals surface area contributed by atoms with Gasteiger partial charge in [-0.3, -0.25) is 14.5 Å². The van der Waals surface area contributed by atoms with E-state index in [1.807, 2.05) is 0 Å². The van der Waals surface area contributed by atoms with Crippen molar-refractivity contribution in [2.24, 2.45) is 0 Å². The van der Waals surface area contributed by atoms with Crippen LogP contribution in [0.1, 0.15) is 20.8 Å². The number of halogens is 1. The Morgan fingerprint density at radius 2 is 1.91 bits per heavy atom. The molecule has 2 rings (SSSR count). The first-order chi connectivity index (χ1) is 10.2. The first kappa shape index (κ1) is 16.3. The second kappa shape index (κ2) is 5.96. The first-order valence-electron chi connectivity index (χ1n) is 6.63. The van der Waals surface area contributed by atoms with Crippen LogP contribution in [0, 0.1) is 0 Å². The summed E-state index contributed by atoms with van der Waals surface area (Å²) < 4.78 is 0.547. The van der Waals surface area contributed by atoms with Gasteiger partial charge in [-0.25, -0.2) is 4.79 Å². The van der Waals surface area contributed by atoms with Gasteiger partial charge < -0.3 is 15.3 Å². The number of nitrogens with one attached hydrogen (secondary N) is 1. The molecule has 0 saturated carbocycles. The largest absolute Gasteiger partial charge is 0.465 e. The summed E-state index contributed by atoms with van der Waals surface area (Å²) in [5.74, 6) is -0.441. The average Bonchev–Trinajstić information content (AvgIpc) is 2.38. The number of hydrogen-bond acceptors (Lipinski definition) is 3. The van der Waals surface area contributed by atoms with Gasteiger partial charge in [0.25, 0.3) is 0 Å². The number of carboxylic acid groups (broad SMARTS) is 1. The zero-order valence-electron chi connectivity index (χ0n) is 12.4. The highest BCUT2D eigenvalue weighted by molar-refractivity contribution is 9.10. The van der Waals surface area contributed by atoms with E-state index in [1.54, 1.807) is 19.1 Å². The van der Waals surface area contributed by atoms with E-state index in [2.05, 4.69) is 21.2 Å². The van der Waals surface area contributed by atoms with Crippen molar-refractivity contribution in [1.29, 1.82) is 0 Å². The van der Waals surface area contributed by atoms with E-state index in [0.717, 1.165) is 0 Å². The number of benzene rings is 1. The Labute approximate surface area is 136 Å². The maximum Gasteiger partial charge on any atom is 0.411 e. The maximum atomic E-state index is 11.9. The van der Waals surface area contributed by atoms with E-state index >= 15 is 0 Å². The maximum absolute atomic E-state index is 11.9. The molecular formula is C14H16BrN3O4. The zero-order chi connectivity index (χ0) is 16.6. The number of anilines is 3. The fourth-order valence-electron chi connectivity index (χ4n) is 2.59. The minimum absolute atomic E-state index is 0.185. The molecule has 1 aliphatic rings. The van der Waals surface area contributed by atoms with Gasteiger partial charge in [-0.05, 0) is 35.0 Å². The van der Waals surface area contributed by atoms with Crippen molar-refractivity contribution in [1.82, 2.24) is 0 Å². The monoisotopic (exact) mass is 369 g/mol. The highest BCUT2D eigenvalue weighted by Crippen LogP contribution is 2.41. The molecule has 8 heteroatoms. The second-order valence-corrected chi connectivity index (χ2v) is 5.99. The van der Waals surface area contributed by atoms with Crippen LogP contribution in [-0.4, -0.2) is 35.6 Å². The van der Waals surface area contributed by atoms with Crippen molar-refractivity contribution in [2.45, 2.75) is 26.8 Å². The summed E-state index contributed by atoms with van der Waals surface area (Å²) in [5.41, 5.74) is 1.35. The zero-order valence-corrected chi connectivity index (χ0v) is 14.0. The molecule has 1 aliphatic heterocycles. The van der Waals surface area contributed by atoms with Gasteiger partial charge in [-0.15, -0.1) is 0 Å². The van der Waals surface area contributed by atoms with Crippen LogP contribution in [0.4, 0.5) is 21.9 Å². The summed E-state index contributed by atoms with van der Waals surface area (Å²) in [4.78, 5) is 37.4. The van der Waals surface area contributed by atoms with E-state index in [1.165, 1.54) is 23.6 Å². The van der Waals surface area contributed by atoms with E-state index in [0.29, 0.717) is 21.5 Å². The Balaban J connectivity index is 2.64. The Morgan fingerprint density at radius 3 is 2.41 bits per heavy atom. The molecule has 0 fully saturated rings. The Bertz CT molecular complexity index is 662. The van der Waals surface area contributed by atoms with Crippen molar-refractivity contribution in [3.63, 3.8) is 0 Å². The van der Waals surface area contributed by atoms with E-state index in [9.17, 15) is 19.5 Å². The lowest BCUT2D eigenvalue weighted by Crippen LogP contribution is -2.51. The molecule has 1 unspecified atom stereocenters. The molecular weight excluding hydrogens is 354 g/mol. The van der Waals surface area contributed by atoms with Gasteiger partial charge in [0, 0.05) is 24.9 Å². The molecule has 22 heavy (non-hydrogen) atoms. The SMILES string of the molecule is CC(=O)Nc1cc2c(cc1Br)N(C(=O)O)CC(C)N2C(C)=O. The summed E-state index contributed by atoms with van der Waals surface area (Å²) in [6, 6.07) is 2.90. The molecule has 2 N–H and O–H groups in total. The summed E-state index contributed by atoms with van der Waals surface area (Å²) >= 11 is 3.31. The van der Waals surface area contributed by atoms with Crippen LogP contribution < -0.4 is 15.1 Å². The van der Waals surface area contributed by atoms with Crippen LogP contribution in [0.2, 0.25) is 0 Å². The third-order valence-corrected chi connectivity index (χ3v) is 4.04. The lowest BCUT2D eigenvalue weighted by molar-refractivity contribution is -0.117. The fraction of sp³-hybridized carbons (Fsp3) is 0.357. The quantitative estimate of drug-likeness (QED) is 0.795. The molecule has 7 nitrogen and oxygen atoms in total. The van der Waals surface area contributed by atoms with Crippen LogP contribution in [-0.2, 0) is 9.59 Å². The molecule has 3 amide bonds. The Morgan fingerprint density at radius 1 is 1.27 bits per heavy atom. The number of carbonyl (C=O) groups is 3. The molecule has 0 bridgehead atoms. The van der Waals surface area contributed by atoms with Gasteiger partial charge in [0.05, 0.1) is 23.1 Å². The minimum atomic E-state index is -1.09. The third kappa shape index (κ3) is 2.92. The Hall–Kier alpha value is -2.09. The van der Waals surface area contributed by atoms with Crippen molar-refractivity contribution in [3.8, 4) is 0 Å². The molecule has 1 aromatic carbocycles. The van der Waals surface area contributed by atoms with Crippen molar-refractivity contribution >= 4 is 50.9 Å². The molecule has 1 aromatic rings. The molecule has 118 valence electrons. The molecule has 0 radical (unpaired) electrons. The topological polar surface area (TPSA) is 89.9 Å². The predicted octanol–water partition coefficient (Wildman–Crippen LogP) is 2.65. The van der Waals surface area contributed by atoms with Crippen molar-refractivity contribution in [2.75, 3.05) is 21.7 Å². The molecule has 0 spiro atoms. The highest BCUT2D eigenvalue weighted by atomic mass is 79.9. The van der Waals surface area contributed by atoms with Crippen molar-refractivity contribution in [3.05, 3.63) is 16.6 Å². The molecule has 1 atom stereocenters. The number of amides is 3. The van der Waals surface area contributed by atoms with E-state index < -0.39 is 6.09 Å². The van der Waals surface area contributed by atoms with E-state index in [4.69, 9.17) is 0 Å². The number of fused-ring (bicyclic) bond motifs is 1. The number of carbonyl (C=O) groups excluding carboxylic acids is 2. The van der Waals surface area contributed by atoms with Crippen LogP contribution in [0.15, 0.2) is 16.6 Å². The predicted molar refractivity (Wildman–Crippen MR) is 86.4 cm³/mol. The van der Waals surface area contributed by atoms with Gasteiger partial charge in [0.2, 0.25) is 11.8 Å². The smallest absolute Gasteiger partial charge is 0.411 e. The number of rotatable bonds is 1. The molecule has 1 heterocycles. The molecule has 0 saturated heterocycles. The van der Waals surface area contributed by atoms with Crippen molar-refractivity contribution < 1.29 is 19.5 Å². The molecule has 0 aliphatic carbocycles. The lowest BCUT2D eigenvalue weighted by atomic mass is 10.1. The number of nitrogens with zero attached hydrogens (tertiary/aromatic N) is 2. The number of hydrogen-bond donors (Lipinski definition) is 2. The highest BCUT2D eigenvalue weighted by Gasteiger charge is 2.34. The van der Waals surface area contributed by atoms with Crippen LogP contribution in [0.3, 0.4) is 0 Å². The summed E-state index contributed by atoms with van der Waals surface area (Å²) in [6.45, 7) is 4.77. The van der Waals surface area contributed by atoms with Crippen LogP contribution >= 0.6 is 15.9 Å². The van der Waals surface area contributed by atoms with Gasteiger partial charge in [-0.1, -0.05) is 0 Å². The van der Waals surface area contributed by atoms with E-state index in [-0.39, 0.29) is 24.4 Å². The van der Waals surface area contributed by atoms with Gasteiger partial charge in [-0.2, -0.15) is 0 Å². The Kier molecular flexibility index (Phi) is 4.41.